The molecule has 2 heterocycles. The standard InChI is InChI=1S/C19H20Cl2FN5O/c1-11(8-27-13(3)18(21)12(2)25-27)19(28)24-16-7-23-26(10-16)9-14-4-5-15(22)6-17(14)20/h4-7,10-11H,8-9H2,1-3H3,(H,24,28). The van der Waals surface area contributed by atoms with E-state index in [0.717, 1.165) is 17.0 Å². The largest absolute Gasteiger partial charge is 0.323 e. The molecule has 6 nitrogen and oxygen atoms in total. The maximum Gasteiger partial charge on any atom is 0.229 e. The molecule has 1 atom stereocenters. The molecule has 0 bridgehead atoms. The lowest BCUT2D eigenvalue weighted by Gasteiger charge is -2.12. The molecule has 3 aromatic rings. The second-order valence-electron chi connectivity index (χ2n) is 6.72. The molecule has 0 saturated carbocycles. The van der Waals surface area contributed by atoms with Gasteiger partial charge >= 0.3 is 0 Å². The van der Waals surface area contributed by atoms with E-state index in [0.29, 0.717) is 28.8 Å². The lowest BCUT2D eigenvalue weighted by molar-refractivity contribution is -0.119. The number of benzene rings is 1. The molecule has 148 valence electrons. The van der Waals surface area contributed by atoms with Gasteiger partial charge in [0.1, 0.15) is 5.82 Å². The summed E-state index contributed by atoms with van der Waals surface area (Å²) < 4.78 is 16.5. The van der Waals surface area contributed by atoms with Crippen LogP contribution in [0.2, 0.25) is 10.0 Å². The van der Waals surface area contributed by atoms with Crippen LogP contribution in [0.1, 0.15) is 23.9 Å². The molecule has 0 spiro atoms. The predicted octanol–water partition coefficient (Wildman–Crippen LogP) is 4.47. The molecule has 1 N–H and O–H groups in total. The van der Waals surface area contributed by atoms with Gasteiger partial charge in [0, 0.05) is 11.2 Å². The van der Waals surface area contributed by atoms with Crippen molar-refractivity contribution in [3.05, 3.63) is 63.4 Å². The van der Waals surface area contributed by atoms with Crippen LogP contribution < -0.4 is 5.32 Å². The van der Waals surface area contributed by atoms with Crippen LogP contribution in [0.3, 0.4) is 0 Å². The van der Waals surface area contributed by atoms with E-state index in [1.165, 1.54) is 12.1 Å². The topological polar surface area (TPSA) is 64.7 Å². The molecule has 9 heteroatoms. The number of hydrogen-bond donors (Lipinski definition) is 1. The first kappa shape index (κ1) is 20.4. The molecule has 1 amide bonds. The molecule has 3 rings (SSSR count). The summed E-state index contributed by atoms with van der Waals surface area (Å²) in [4.78, 5) is 12.5. The van der Waals surface area contributed by atoms with E-state index in [-0.39, 0.29) is 17.6 Å². The third-order valence-corrected chi connectivity index (χ3v) is 5.33. The molecule has 0 aliphatic heterocycles. The molecule has 1 unspecified atom stereocenters. The predicted molar refractivity (Wildman–Crippen MR) is 107 cm³/mol. The fourth-order valence-corrected chi connectivity index (χ4v) is 3.16. The number of hydrogen-bond acceptors (Lipinski definition) is 3. The number of carbonyl (C=O) groups excluding carboxylic acids is 1. The lowest BCUT2D eigenvalue weighted by Crippen LogP contribution is -2.25. The molecule has 0 radical (unpaired) electrons. The Labute approximate surface area is 172 Å². The molecule has 1 aromatic carbocycles. The van der Waals surface area contributed by atoms with Crippen LogP contribution >= 0.6 is 23.2 Å². The summed E-state index contributed by atoms with van der Waals surface area (Å²) in [5.41, 5.74) is 2.88. The van der Waals surface area contributed by atoms with Crippen LogP contribution in [0, 0.1) is 25.6 Å². The third kappa shape index (κ3) is 4.54. The molecule has 28 heavy (non-hydrogen) atoms. The van der Waals surface area contributed by atoms with Crippen LogP contribution in [-0.4, -0.2) is 25.5 Å². The summed E-state index contributed by atoms with van der Waals surface area (Å²) in [6, 6.07) is 4.22. The van der Waals surface area contributed by atoms with Gasteiger partial charge in [-0.3, -0.25) is 14.2 Å². The van der Waals surface area contributed by atoms with Crippen molar-refractivity contribution in [3.63, 3.8) is 0 Å². The van der Waals surface area contributed by atoms with Crippen molar-refractivity contribution in [3.8, 4) is 0 Å². The van der Waals surface area contributed by atoms with E-state index in [4.69, 9.17) is 23.2 Å². The Morgan fingerprint density at radius 3 is 2.71 bits per heavy atom. The van der Waals surface area contributed by atoms with E-state index >= 15 is 0 Å². The van der Waals surface area contributed by atoms with Gasteiger partial charge in [-0.15, -0.1) is 0 Å². The zero-order valence-electron chi connectivity index (χ0n) is 15.7. The molecule has 0 aliphatic carbocycles. The van der Waals surface area contributed by atoms with Gasteiger partial charge in [-0.05, 0) is 31.5 Å². The number of nitrogens with zero attached hydrogens (tertiary/aromatic N) is 4. The molecule has 2 aromatic heterocycles. The highest BCUT2D eigenvalue weighted by atomic mass is 35.5. The lowest BCUT2D eigenvalue weighted by atomic mass is 10.1. The van der Waals surface area contributed by atoms with Crippen LogP contribution in [0.4, 0.5) is 10.1 Å². The number of amides is 1. The Balaban J connectivity index is 1.62. The zero-order chi connectivity index (χ0) is 20.4. The van der Waals surface area contributed by atoms with Crippen LogP contribution in [0.5, 0.6) is 0 Å². The van der Waals surface area contributed by atoms with Crippen molar-refractivity contribution in [1.29, 1.82) is 0 Å². The van der Waals surface area contributed by atoms with Crippen LogP contribution in [0.25, 0.3) is 0 Å². The molecule has 0 aliphatic rings. The van der Waals surface area contributed by atoms with Crippen molar-refractivity contribution in [2.24, 2.45) is 5.92 Å². The minimum absolute atomic E-state index is 0.150. The number of halogens is 3. The minimum Gasteiger partial charge on any atom is -0.323 e. The van der Waals surface area contributed by atoms with Gasteiger partial charge in [-0.2, -0.15) is 10.2 Å². The van der Waals surface area contributed by atoms with Crippen molar-refractivity contribution in [1.82, 2.24) is 19.6 Å². The average molecular weight is 424 g/mol. The minimum atomic E-state index is -0.389. The summed E-state index contributed by atoms with van der Waals surface area (Å²) in [7, 11) is 0. The number of aryl methyl sites for hydroxylation is 1. The Hall–Kier alpha value is -2.38. The Bertz CT molecular complexity index is 1010. The first-order chi connectivity index (χ1) is 13.2. The summed E-state index contributed by atoms with van der Waals surface area (Å²) >= 11 is 12.2. The highest BCUT2D eigenvalue weighted by molar-refractivity contribution is 6.32. The molecule has 0 saturated heterocycles. The fraction of sp³-hybridized carbons (Fsp3) is 0.316. The number of aromatic nitrogens is 4. The number of rotatable bonds is 6. The highest BCUT2D eigenvalue weighted by Gasteiger charge is 2.18. The van der Waals surface area contributed by atoms with Crippen molar-refractivity contribution in [2.75, 3.05) is 5.32 Å². The van der Waals surface area contributed by atoms with Crippen molar-refractivity contribution >= 4 is 34.8 Å². The molecular weight excluding hydrogens is 404 g/mol. The Morgan fingerprint density at radius 2 is 2.07 bits per heavy atom. The van der Waals surface area contributed by atoms with E-state index in [1.807, 2.05) is 20.8 Å². The van der Waals surface area contributed by atoms with E-state index in [2.05, 4.69) is 15.5 Å². The SMILES string of the molecule is Cc1nn(CC(C)C(=O)Nc2cnn(Cc3ccc(F)cc3Cl)c2)c(C)c1Cl. The maximum absolute atomic E-state index is 13.1. The first-order valence-electron chi connectivity index (χ1n) is 8.71. The van der Waals surface area contributed by atoms with Crippen LogP contribution in [0.15, 0.2) is 30.6 Å². The summed E-state index contributed by atoms with van der Waals surface area (Å²) in [5.74, 6) is -0.855. The van der Waals surface area contributed by atoms with Gasteiger partial charge in [0.15, 0.2) is 0 Å². The summed E-state index contributed by atoms with van der Waals surface area (Å²) in [5, 5.41) is 12.4. The normalized spacial score (nSPS) is 12.2. The van der Waals surface area contributed by atoms with E-state index < -0.39 is 0 Å². The van der Waals surface area contributed by atoms with Gasteiger partial charge in [0.25, 0.3) is 0 Å². The Kier molecular flexibility index (Phi) is 6.05. The highest BCUT2D eigenvalue weighted by Crippen LogP contribution is 2.21. The van der Waals surface area contributed by atoms with Crippen molar-refractivity contribution in [2.45, 2.75) is 33.9 Å². The first-order valence-corrected chi connectivity index (χ1v) is 9.47. The van der Waals surface area contributed by atoms with Gasteiger partial charge < -0.3 is 5.32 Å². The second kappa shape index (κ2) is 8.32. The quantitative estimate of drug-likeness (QED) is 0.635. The summed E-state index contributed by atoms with van der Waals surface area (Å²) in [6.45, 7) is 6.32. The van der Waals surface area contributed by atoms with E-state index in [9.17, 15) is 9.18 Å². The monoisotopic (exact) mass is 423 g/mol. The third-order valence-electron chi connectivity index (χ3n) is 4.44. The van der Waals surface area contributed by atoms with Gasteiger partial charge in [0.2, 0.25) is 5.91 Å². The summed E-state index contributed by atoms with van der Waals surface area (Å²) in [6.07, 6.45) is 3.26. The zero-order valence-corrected chi connectivity index (χ0v) is 17.2. The maximum atomic E-state index is 13.1. The average Bonchev–Trinajstić information content (AvgIpc) is 3.17. The van der Waals surface area contributed by atoms with Gasteiger partial charge in [-0.25, -0.2) is 4.39 Å². The van der Waals surface area contributed by atoms with E-state index in [1.54, 1.807) is 27.8 Å². The van der Waals surface area contributed by atoms with Gasteiger partial charge in [-0.1, -0.05) is 36.2 Å². The molecule has 0 fully saturated rings. The Morgan fingerprint density at radius 1 is 1.32 bits per heavy atom. The smallest absolute Gasteiger partial charge is 0.229 e. The van der Waals surface area contributed by atoms with Crippen molar-refractivity contribution < 1.29 is 9.18 Å². The number of anilines is 1. The second-order valence-corrected chi connectivity index (χ2v) is 7.50. The molecular formula is C19H20Cl2FN5O. The number of carbonyl (C=O) groups is 1. The fourth-order valence-electron chi connectivity index (χ4n) is 2.80. The number of nitrogens with one attached hydrogen (secondary N) is 1. The van der Waals surface area contributed by atoms with Gasteiger partial charge in [0.05, 0.1) is 47.3 Å². The van der Waals surface area contributed by atoms with Crippen LogP contribution in [-0.2, 0) is 17.9 Å².